The third kappa shape index (κ3) is 2.48. The highest BCUT2D eigenvalue weighted by Crippen LogP contribution is 2.30. The molecule has 3 aromatic rings. The number of carbonyl (C=O) groups excluding carboxylic acids is 2. The minimum atomic E-state index is -0.694. The largest absolute Gasteiger partial charge is 0.422 e. The van der Waals surface area contributed by atoms with Gasteiger partial charge in [0, 0.05) is 5.56 Å². The van der Waals surface area contributed by atoms with Gasteiger partial charge in [-0.25, -0.2) is 9.48 Å². The Labute approximate surface area is 149 Å². The van der Waals surface area contributed by atoms with Crippen molar-refractivity contribution in [2.24, 2.45) is 0 Å². The molecule has 0 unspecified atom stereocenters. The average Bonchev–Trinajstić information content (AvgIpc) is 2.93. The zero-order valence-corrected chi connectivity index (χ0v) is 14.0. The molecule has 0 aliphatic carbocycles. The maximum atomic E-state index is 12.7. The summed E-state index contributed by atoms with van der Waals surface area (Å²) < 4.78 is 6.84. The number of para-hydroxylation sites is 2. The number of ether oxygens (including phenoxy) is 1. The second-order valence-electron chi connectivity index (χ2n) is 5.90. The number of anilines is 1. The number of Topliss-reactive ketones (excluding diaryl/α,β-unsaturated/α-hetero) is 1. The van der Waals surface area contributed by atoms with Crippen LogP contribution in [0, 0.1) is 6.92 Å². The first-order valence-corrected chi connectivity index (χ1v) is 8.04. The van der Waals surface area contributed by atoms with Crippen molar-refractivity contribution in [3.63, 3.8) is 0 Å². The van der Waals surface area contributed by atoms with Crippen LogP contribution in [0.15, 0.2) is 60.2 Å². The zero-order valence-electron chi connectivity index (χ0n) is 14.0. The van der Waals surface area contributed by atoms with Gasteiger partial charge < -0.3 is 10.5 Å². The first-order chi connectivity index (χ1) is 12.6. The fourth-order valence-electron chi connectivity index (χ4n) is 2.91. The highest BCUT2D eigenvalue weighted by molar-refractivity contribution is 6.30. The molecule has 0 amide bonds. The number of nitrogens with zero attached hydrogens (tertiary/aromatic N) is 2. The normalized spacial score (nSPS) is 15.0. The molecule has 0 saturated carbocycles. The maximum absolute atomic E-state index is 12.7. The van der Waals surface area contributed by atoms with Crippen molar-refractivity contribution in [1.82, 2.24) is 9.78 Å². The Morgan fingerprint density at radius 1 is 1.04 bits per heavy atom. The lowest BCUT2D eigenvalue weighted by Crippen LogP contribution is -2.25. The molecule has 0 saturated heterocycles. The van der Waals surface area contributed by atoms with Gasteiger partial charge in [0.15, 0.2) is 0 Å². The summed E-state index contributed by atoms with van der Waals surface area (Å²) >= 11 is 0. The van der Waals surface area contributed by atoms with Crippen molar-refractivity contribution < 1.29 is 14.3 Å². The van der Waals surface area contributed by atoms with Crippen LogP contribution in [0.3, 0.4) is 0 Å². The molecule has 0 radical (unpaired) electrons. The Kier molecular flexibility index (Phi) is 3.65. The highest BCUT2D eigenvalue weighted by Gasteiger charge is 2.31. The van der Waals surface area contributed by atoms with Crippen LogP contribution < -0.4 is 10.5 Å². The molecular formula is C20H15N3O3. The molecule has 0 fully saturated rings. The van der Waals surface area contributed by atoms with Crippen molar-refractivity contribution >= 4 is 23.6 Å². The molecular weight excluding hydrogens is 330 g/mol. The molecule has 6 nitrogen and oxygen atoms in total. The summed E-state index contributed by atoms with van der Waals surface area (Å²) in [6.45, 7) is 1.77. The van der Waals surface area contributed by atoms with Crippen molar-refractivity contribution in [1.29, 1.82) is 0 Å². The summed E-state index contributed by atoms with van der Waals surface area (Å²) in [4.78, 5) is 25.0. The van der Waals surface area contributed by atoms with E-state index in [4.69, 9.17) is 10.5 Å². The number of nitrogen functional groups attached to an aromatic ring is 1. The summed E-state index contributed by atoms with van der Waals surface area (Å²) in [6.07, 6.45) is 1.46. The molecule has 128 valence electrons. The number of aryl methyl sites for hydroxylation is 1. The topological polar surface area (TPSA) is 87.2 Å². The molecule has 0 spiro atoms. The van der Waals surface area contributed by atoms with Crippen molar-refractivity contribution in [2.75, 3.05) is 5.73 Å². The summed E-state index contributed by atoms with van der Waals surface area (Å²) in [5.41, 5.74) is 8.44. The fourth-order valence-corrected chi connectivity index (χ4v) is 2.91. The van der Waals surface area contributed by atoms with Gasteiger partial charge in [0.25, 0.3) is 0 Å². The third-order valence-corrected chi connectivity index (χ3v) is 4.23. The van der Waals surface area contributed by atoms with Gasteiger partial charge in [-0.15, -0.1) is 0 Å². The molecule has 0 bridgehead atoms. The van der Waals surface area contributed by atoms with E-state index in [2.05, 4.69) is 5.10 Å². The second-order valence-corrected chi connectivity index (χ2v) is 5.90. The van der Waals surface area contributed by atoms with Crippen LogP contribution in [-0.2, 0) is 4.79 Å². The van der Waals surface area contributed by atoms with Gasteiger partial charge in [-0.2, -0.15) is 5.10 Å². The Hall–Kier alpha value is -3.67. The van der Waals surface area contributed by atoms with Gasteiger partial charge in [-0.3, -0.25) is 4.79 Å². The van der Waals surface area contributed by atoms with E-state index in [-0.39, 0.29) is 17.1 Å². The van der Waals surface area contributed by atoms with Gasteiger partial charge in [0.05, 0.1) is 16.9 Å². The SMILES string of the molecule is Cc1nn(-c2ccccc2)c(N)c1/C=C1/C(=O)Oc2ccccc2C1=O. The minimum absolute atomic E-state index is 0.0638. The monoisotopic (exact) mass is 345 g/mol. The van der Waals surface area contributed by atoms with Crippen LogP contribution in [0.5, 0.6) is 5.75 Å². The van der Waals surface area contributed by atoms with Crippen LogP contribution in [0.2, 0.25) is 0 Å². The molecule has 1 aromatic heterocycles. The Balaban J connectivity index is 1.81. The van der Waals surface area contributed by atoms with E-state index in [1.165, 1.54) is 6.08 Å². The minimum Gasteiger partial charge on any atom is -0.422 e. The smallest absolute Gasteiger partial charge is 0.347 e. The average molecular weight is 345 g/mol. The highest BCUT2D eigenvalue weighted by atomic mass is 16.5. The number of esters is 1. The lowest BCUT2D eigenvalue weighted by molar-refractivity contribution is -0.130. The summed E-state index contributed by atoms with van der Waals surface area (Å²) in [5.74, 6) is -0.465. The molecule has 2 aromatic carbocycles. The molecule has 4 rings (SSSR count). The first kappa shape index (κ1) is 15.8. The van der Waals surface area contributed by atoms with Crippen LogP contribution in [0.1, 0.15) is 21.6 Å². The quantitative estimate of drug-likeness (QED) is 0.334. The standard InChI is InChI=1S/C20H15N3O3/c1-12-15(19(21)23(22-12)13-7-3-2-4-8-13)11-16-18(24)14-9-5-6-10-17(14)26-20(16)25/h2-11H,21H2,1H3/b16-11+. The van der Waals surface area contributed by atoms with Crippen LogP contribution in [0.25, 0.3) is 11.8 Å². The van der Waals surface area contributed by atoms with Crippen LogP contribution in [0.4, 0.5) is 5.82 Å². The molecule has 2 N–H and O–H groups in total. The number of aromatic nitrogens is 2. The van der Waals surface area contributed by atoms with Gasteiger partial charge in [0.2, 0.25) is 5.78 Å². The summed E-state index contributed by atoms with van der Waals surface area (Å²) in [7, 11) is 0. The van der Waals surface area contributed by atoms with E-state index in [1.807, 2.05) is 30.3 Å². The number of carbonyl (C=O) groups is 2. The molecule has 0 atom stereocenters. The van der Waals surface area contributed by atoms with E-state index in [1.54, 1.807) is 35.9 Å². The lowest BCUT2D eigenvalue weighted by atomic mass is 9.98. The number of rotatable bonds is 2. The van der Waals surface area contributed by atoms with E-state index < -0.39 is 5.97 Å². The Morgan fingerprint density at radius 3 is 2.50 bits per heavy atom. The van der Waals surface area contributed by atoms with Gasteiger partial charge in [-0.05, 0) is 37.3 Å². The van der Waals surface area contributed by atoms with Gasteiger partial charge in [-0.1, -0.05) is 30.3 Å². The Bertz CT molecular complexity index is 1070. The van der Waals surface area contributed by atoms with Crippen molar-refractivity contribution in [3.8, 4) is 11.4 Å². The molecule has 6 heteroatoms. The predicted molar refractivity (Wildman–Crippen MR) is 97.1 cm³/mol. The van der Waals surface area contributed by atoms with Crippen LogP contribution >= 0.6 is 0 Å². The molecule has 26 heavy (non-hydrogen) atoms. The fraction of sp³-hybridized carbons (Fsp3) is 0.0500. The molecule has 2 heterocycles. The van der Waals surface area contributed by atoms with Crippen molar-refractivity contribution in [3.05, 3.63) is 77.0 Å². The van der Waals surface area contributed by atoms with Crippen molar-refractivity contribution in [2.45, 2.75) is 6.92 Å². The summed E-state index contributed by atoms with van der Waals surface area (Å²) in [6, 6.07) is 16.0. The number of benzene rings is 2. The third-order valence-electron chi connectivity index (χ3n) is 4.23. The predicted octanol–water partition coefficient (Wildman–Crippen LogP) is 2.95. The van der Waals surface area contributed by atoms with E-state index in [0.29, 0.717) is 22.6 Å². The number of ketones is 1. The number of hydrogen-bond acceptors (Lipinski definition) is 5. The zero-order chi connectivity index (χ0) is 18.3. The van der Waals surface area contributed by atoms with Gasteiger partial charge >= 0.3 is 5.97 Å². The van der Waals surface area contributed by atoms with Crippen LogP contribution in [-0.4, -0.2) is 21.5 Å². The van der Waals surface area contributed by atoms with Gasteiger partial charge in [0.1, 0.15) is 17.1 Å². The second kappa shape index (κ2) is 6.00. The first-order valence-electron chi connectivity index (χ1n) is 8.04. The summed E-state index contributed by atoms with van der Waals surface area (Å²) in [5, 5.41) is 4.42. The van der Waals surface area contributed by atoms with E-state index >= 15 is 0 Å². The number of nitrogens with two attached hydrogens (primary N) is 1. The van der Waals surface area contributed by atoms with E-state index in [9.17, 15) is 9.59 Å². The number of hydrogen-bond donors (Lipinski definition) is 1. The number of fused-ring (bicyclic) bond motifs is 1. The Morgan fingerprint density at radius 2 is 1.73 bits per heavy atom. The molecule has 1 aliphatic heterocycles. The maximum Gasteiger partial charge on any atom is 0.347 e. The lowest BCUT2D eigenvalue weighted by Gasteiger charge is -2.16. The van der Waals surface area contributed by atoms with E-state index in [0.717, 1.165) is 5.69 Å². The molecule has 1 aliphatic rings.